The topological polar surface area (TPSA) is 51.0 Å². The van der Waals surface area contributed by atoms with E-state index in [2.05, 4.69) is 15.5 Å². The zero-order chi connectivity index (χ0) is 12.3. The van der Waals surface area contributed by atoms with Crippen molar-refractivity contribution in [3.05, 3.63) is 34.7 Å². The van der Waals surface area contributed by atoms with E-state index in [4.69, 9.17) is 27.6 Å². The molecule has 4 nitrogen and oxygen atoms in total. The van der Waals surface area contributed by atoms with Gasteiger partial charge in [-0.1, -0.05) is 22.8 Å². The molecule has 0 spiro atoms. The second-order valence-corrected chi connectivity index (χ2v) is 4.31. The van der Waals surface area contributed by atoms with Gasteiger partial charge in [-0.2, -0.15) is 0 Å². The lowest BCUT2D eigenvalue weighted by Crippen LogP contribution is -1.90. The average Bonchev–Trinajstić information content (AvgIpc) is 2.72. The van der Waals surface area contributed by atoms with Crippen LogP contribution < -0.4 is 5.32 Å². The first kappa shape index (κ1) is 12.2. The van der Waals surface area contributed by atoms with Crippen molar-refractivity contribution in [1.29, 1.82) is 0 Å². The smallest absolute Gasteiger partial charge is 0.320 e. The molecule has 0 atom stereocenters. The molecule has 0 unspecified atom stereocenters. The maximum absolute atomic E-state index is 6.01. The SMILES string of the molecule is Cc1ccc(Nc2nnc(CCCl)o2)cc1Cl. The van der Waals surface area contributed by atoms with E-state index in [1.807, 2.05) is 25.1 Å². The van der Waals surface area contributed by atoms with Crippen LogP contribution in [0, 0.1) is 6.92 Å². The number of halogens is 2. The third kappa shape index (κ3) is 3.11. The molecule has 2 aromatic rings. The van der Waals surface area contributed by atoms with Crippen molar-refractivity contribution < 1.29 is 4.42 Å². The molecule has 0 saturated carbocycles. The highest BCUT2D eigenvalue weighted by molar-refractivity contribution is 6.31. The molecule has 2 rings (SSSR count). The molecule has 6 heteroatoms. The van der Waals surface area contributed by atoms with Gasteiger partial charge < -0.3 is 9.73 Å². The molecular formula is C11H11Cl2N3O. The van der Waals surface area contributed by atoms with E-state index in [0.717, 1.165) is 11.3 Å². The first-order chi connectivity index (χ1) is 8.19. The van der Waals surface area contributed by atoms with Gasteiger partial charge in [0.05, 0.1) is 0 Å². The molecule has 90 valence electrons. The van der Waals surface area contributed by atoms with Gasteiger partial charge in [0.1, 0.15) is 0 Å². The Labute approximate surface area is 109 Å². The van der Waals surface area contributed by atoms with Crippen LogP contribution in [0.4, 0.5) is 11.7 Å². The largest absolute Gasteiger partial charge is 0.408 e. The molecule has 1 heterocycles. The maximum atomic E-state index is 6.01. The normalized spacial score (nSPS) is 10.5. The zero-order valence-corrected chi connectivity index (χ0v) is 10.7. The molecule has 1 N–H and O–H groups in total. The Morgan fingerprint density at radius 3 is 2.88 bits per heavy atom. The van der Waals surface area contributed by atoms with Crippen molar-refractivity contribution in [3.8, 4) is 0 Å². The number of alkyl halides is 1. The van der Waals surface area contributed by atoms with Gasteiger partial charge in [-0.25, -0.2) is 0 Å². The Balaban J connectivity index is 2.11. The maximum Gasteiger partial charge on any atom is 0.320 e. The molecule has 0 fully saturated rings. The summed E-state index contributed by atoms with van der Waals surface area (Å²) in [7, 11) is 0. The molecule has 1 aromatic heterocycles. The standard InChI is InChI=1S/C11H11Cl2N3O/c1-7-2-3-8(6-9(7)13)14-11-16-15-10(17-11)4-5-12/h2-3,6H,4-5H2,1H3,(H,14,16). The Bertz CT molecular complexity index is 513. The summed E-state index contributed by atoms with van der Waals surface area (Å²) >= 11 is 11.6. The van der Waals surface area contributed by atoms with Crippen molar-refractivity contribution in [3.63, 3.8) is 0 Å². The van der Waals surface area contributed by atoms with Crippen LogP contribution in [-0.4, -0.2) is 16.1 Å². The molecule has 0 bridgehead atoms. The summed E-state index contributed by atoms with van der Waals surface area (Å²) in [6.45, 7) is 1.94. The number of hydrogen-bond acceptors (Lipinski definition) is 4. The lowest BCUT2D eigenvalue weighted by molar-refractivity contribution is 0.516. The first-order valence-corrected chi connectivity index (χ1v) is 6.02. The minimum Gasteiger partial charge on any atom is -0.408 e. The fourth-order valence-corrected chi connectivity index (χ4v) is 1.62. The van der Waals surface area contributed by atoms with E-state index in [9.17, 15) is 0 Å². The van der Waals surface area contributed by atoms with Gasteiger partial charge >= 0.3 is 6.01 Å². The molecule has 0 amide bonds. The quantitative estimate of drug-likeness (QED) is 0.864. The third-order valence-corrected chi connectivity index (χ3v) is 2.79. The molecule has 0 aliphatic carbocycles. The van der Waals surface area contributed by atoms with E-state index in [1.165, 1.54) is 0 Å². The van der Waals surface area contributed by atoms with Gasteiger partial charge in [0.25, 0.3) is 0 Å². The summed E-state index contributed by atoms with van der Waals surface area (Å²) in [5, 5.41) is 11.4. The highest BCUT2D eigenvalue weighted by Crippen LogP contribution is 2.22. The highest BCUT2D eigenvalue weighted by atomic mass is 35.5. The van der Waals surface area contributed by atoms with Gasteiger partial charge in [0, 0.05) is 23.0 Å². The number of hydrogen-bond donors (Lipinski definition) is 1. The van der Waals surface area contributed by atoms with Gasteiger partial charge in [-0.05, 0) is 24.6 Å². The summed E-state index contributed by atoms with van der Waals surface area (Å²) in [5.41, 5.74) is 1.83. The average molecular weight is 272 g/mol. The Morgan fingerprint density at radius 2 is 2.18 bits per heavy atom. The van der Waals surface area contributed by atoms with Crippen molar-refractivity contribution in [2.45, 2.75) is 13.3 Å². The first-order valence-electron chi connectivity index (χ1n) is 5.10. The minimum absolute atomic E-state index is 0.338. The lowest BCUT2D eigenvalue weighted by Gasteiger charge is -2.03. The summed E-state index contributed by atoms with van der Waals surface area (Å²) in [6.07, 6.45) is 0.560. The van der Waals surface area contributed by atoms with Crippen molar-refractivity contribution in [2.75, 3.05) is 11.2 Å². The lowest BCUT2D eigenvalue weighted by atomic mass is 10.2. The summed E-state index contributed by atoms with van der Waals surface area (Å²) in [5.74, 6) is 0.971. The second-order valence-electron chi connectivity index (χ2n) is 3.53. The molecule has 0 aliphatic heterocycles. The van der Waals surface area contributed by atoms with Gasteiger partial charge in [-0.3, -0.25) is 0 Å². The van der Waals surface area contributed by atoms with E-state index >= 15 is 0 Å². The fourth-order valence-electron chi connectivity index (χ4n) is 1.28. The number of benzene rings is 1. The zero-order valence-electron chi connectivity index (χ0n) is 9.20. The van der Waals surface area contributed by atoms with Crippen LogP contribution in [0.15, 0.2) is 22.6 Å². The monoisotopic (exact) mass is 271 g/mol. The van der Waals surface area contributed by atoms with Gasteiger partial charge in [-0.15, -0.1) is 16.7 Å². The Hall–Kier alpha value is -1.26. The second kappa shape index (κ2) is 5.38. The summed E-state index contributed by atoms with van der Waals surface area (Å²) in [4.78, 5) is 0. The van der Waals surface area contributed by atoms with Crippen LogP contribution >= 0.6 is 23.2 Å². The van der Waals surface area contributed by atoms with Crippen molar-refractivity contribution in [2.24, 2.45) is 0 Å². The molecule has 1 aromatic carbocycles. The number of rotatable bonds is 4. The summed E-state index contributed by atoms with van der Waals surface area (Å²) < 4.78 is 5.34. The van der Waals surface area contributed by atoms with Crippen LogP contribution in [0.3, 0.4) is 0 Å². The third-order valence-electron chi connectivity index (χ3n) is 2.20. The minimum atomic E-state index is 0.338. The van der Waals surface area contributed by atoms with Crippen LogP contribution in [0.2, 0.25) is 5.02 Å². The Kier molecular flexibility index (Phi) is 3.86. The van der Waals surface area contributed by atoms with Crippen molar-refractivity contribution in [1.82, 2.24) is 10.2 Å². The number of anilines is 2. The van der Waals surface area contributed by atoms with E-state index in [0.29, 0.717) is 29.2 Å². The van der Waals surface area contributed by atoms with Crippen molar-refractivity contribution >= 4 is 34.9 Å². The number of nitrogens with one attached hydrogen (secondary N) is 1. The Morgan fingerprint density at radius 1 is 1.35 bits per heavy atom. The predicted octanol–water partition coefficient (Wildman–Crippen LogP) is 3.56. The van der Waals surface area contributed by atoms with Crippen LogP contribution in [0.5, 0.6) is 0 Å². The molecule has 0 saturated heterocycles. The van der Waals surface area contributed by atoms with E-state index in [-0.39, 0.29) is 0 Å². The number of nitrogens with zero attached hydrogens (tertiary/aromatic N) is 2. The predicted molar refractivity (Wildman–Crippen MR) is 68.2 cm³/mol. The molecule has 17 heavy (non-hydrogen) atoms. The highest BCUT2D eigenvalue weighted by Gasteiger charge is 2.06. The number of aryl methyl sites for hydroxylation is 2. The van der Waals surface area contributed by atoms with Crippen LogP contribution in [-0.2, 0) is 6.42 Å². The van der Waals surface area contributed by atoms with E-state index in [1.54, 1.807) is 0 Å². The number of aromatic nitrogens is 2. The molecule has 0 aliphatic rings. The molecular weight excluding hydrogens is 261 g/mol. The van der Waals surface area contributed by atoms with Crippen LogP contribution in [0.25, 0.3) is 0 Å². The fraction of sp³-hybridized carbons (Fsp3) is 0.273. The van der Waals surface area contributed by atoms with Gasteiger partial charge in [0.2, 0.25) is 5.89 Å². The summed E-state index contributed by atoms with van der Waals surface area (Å²) in [6, 6.07) is 5.96. The van der Waals surface area contributed by atoms with E-state index < -0.39 is 0 Å². The molecule has 0 radical (unpaired) electrons. The van der Waals surface area contributed by atoms with Gasteiger partial charge in [0.15, 0.2) is 0 Å². The van der Waals surface area contributed by atoms with Crippen LogP contribution in [0.1, 0.15) is 11.5 Å².